The van der Waals surface area contributed by atoms with E-state index in [1.165, 1.54) is 22.7 Å². The molecule has 2 rings (SSSR count). The number of nitrogens with two attached hydrogens (primary N) is 1. The van der Waals surface area contributed by atoms with Crippen molar-refractivity contribution in [2.24, 2.45) is 0 Å². The van der Waals surface area contributed by atoms with Crippen LogP contribution in [-0.2, 0) is 17.9 Å². The van der Waals surface area contributed by atoms with Crippen LogP contribution in [-0.4, -0.2) is 17.2 Å². The first kappa shape index (κ1) is 15.2. The Morgan fingerprint density at radius 3 is 2.80 bits per heavy atom. The van der Waals surface area contributed by atoms with Gasteiger partial charge in [0, 0.05) is 13.2 Å². The second kappa shape index (κ2) is 7.52. The van der Waals surface area contributed by atoms with Crippen molar-refractivity contribution in [3.63, 3.8) is 0 Å². The van der Waals surface area contributed by atoms with E-state index in [1.807, 2.05) is 25.3 Å². The third-order valence-corrected chi connectivity index (χ3v) is 4.67. The summed E-state index contributed by atoms with van der Waals surface area (Å²) in [7, 11) is 0. The molecule has 1 heterocycles. The lowest BCUT2D eigenvalue weighted by atomic mass is 10.1. The highest BCUT2D eigenvalue weighted by atomic mass is 32.2. The number of nitrogen functional groups attached to an aromatic ring is 1. The lowest BCUT2D eigenvalue weighted by Crippen LogP contribution is -2.04. The number of rotatable bonds is 7. The largest absolute Gasteiger partial charge is 0.382 e. The first-order valence-corrected chi connectivity index (χ1v) is 8.43. The highest BCUT2D eigenvalue weighted by molar-refractivity contribution is 7.99. The Bertz CT molecular complexity index is 557. The smallest absolute Gasteiger partial charge is 0.153 e. The average molecular weight is 309 g/mol. The Morgan fingerprint density at radius 1 is 1.35 bits per heavy atom. The fourth-order valence-corrected chi connectivity index (χ4v) is 3.40. The second-order valence-corrected chi connectivity index (χ2v) is 5.78. The van der Waals surface area contributed by atoms with Gasteiger partial charge in [0.2, 0.25) is 0 Å². The quantitative estimate of drug-likeness (QED) is 0.765. The zero-order valence-electron chi connectivity index (χ0n) is 11.7. The van der Waals surface area contributed by atoms with E-state index in [1.54, 1.807) is 11.8 Å². The summed E-state index contributed by atoms with van der Waals surface area (Å²) in [5, 5.41) is 4.45. The minimum Gasteiger partial charge on any atom is -0.382 e. The van der Waals surface area contributed by atoms with Crippen molar-refractivity contribution in [1.29, 1.82) is 0 Å². The molecule has 1 aromatic carbocycles. The molecular formula is C14H19N3OS2. The first-order chi connectivity index (χ1) is 9.76. The van der Waals surface area contributed by atoms with Crippen LogP contribution in [0.15, 0.2) is 29.2 Å². The van der Waals surface area contributed by atoms with Crippen LogP contribution in [0.25, 0.3) is 0 Å². The molecule has 0 unspecified atom stereocenters. The molecule has 0 amide bonds. The molecule has 20 heavy (non-hydrogen) atoms. The van der Waals surface area contributed by atoms with Crippen LogP contribution in [0.1, 0.15) is 18.1 Å². The zero-order chi connectivity index (χ0) is 14.4. The number of aromatic nitrogens is 1. The van der Waals surface area contributed by atoms with Crippen LogP contribution in [0.5, 0.6) is 0 Å². The number of benzene rings is 1. The summed E-state index contributed by atoms with van der Waals surface area (Å²) in [4.78, 5) is 1.03. The highest BCUT2D eigenvalue weighted by Crippen LogP contribution is 2.34. The fraction of sp³-hybridized carbons (Fsp3) is 0.357. The molecule has 0 spiro atoms. The third-order valence-electron chi connectivity index (χ3n) is 2.90. The maximum absolute atomic E-state index is 5.83. The molecule has 4 nitrogen and oxygen atoms in total. The predicted octanol–water partition coefficient (Wildman–Crippen LogP) is 3.60. The Kier molecular flexibility index (Phi) is 5.70. The van der Waals surface area contributed by atoms with E-state index >= 15 is 0 Å². The summed E-state index contributed by atoms with van der Waals surface area (Å²) in [6, 6.07) is 8.30. The van der Waals surface area contributed by atoms with Crippen LogP contribution in [0.4, 0.5) is 10.8 Å². The number of nitrogens with zero attached hydrogens (tertiary/aromatic N) is 1. The molecule has 6 heteroatoms. The maximum Gasteiger partial charge on any atom is 0.153 e. The van der Waals surface area contributed by atoms with Gasteiger partial charge in [0.15, 0.2) is 5.82 Å². The van der Waals surface area contributed by atoms with E-state index in [0.29, 0.717) is 12.4 Å². The van der Waals surface area contributed by atoms with Gasteiger partial charge in [0.1, 0.15) is 5.00 Å². The van der Waals surface area contributed by atoms with Gasteiger partial charge in [0.25, 0.3) is 0 Å². The van der Waals surface area contributed by atoms with Crippen molar-refractivity contribution >= 4 is 34.1 Å². The average Bonchev–Trinajstić information content (AvgIpc) is 2.83. The lowest BCUT2D eigenvalue weighted by Gasteiger charge is -2.11. The molecular weight excluding hydrogens is 290 g/mol. The zero-order valence-corrected chi connectivity index (χ0v) is 13.3. The molecule has 0 bridgehead atoms. The van der Waals surface area contributed by atoms with Gasteiger partial charge in [-0.2, -0.15) is 4.37 Å². The number of ether oxygens (including phenoxy) is 1. The highest BCUT2D eigenvalue weighted by Gasteiger charge is 2.10. The van der Waals surface area contributed by atoms with Gasteiger partial charge in [-0.3, -0.25) is 0 Å². The van der Waals surface area contributed by atoms with Crippen molar-refractivity contribution < 1.29 is 4.74 Å². The molecule has 108 valence electrons. The standard InChI is InChI=1S/C14H19N3OS2/c1-3-18-9-11-7-5-4-6-10(11)8-16-14-12(19-2)13(15)17-20-14/h4-7,16H,3,8-9H2,1-2H3,(H2,15,17). The summed E-state index contributed by atoms with van der Waals surface area (Å²) in [6.45, 7) is 4.13. The number of anilines is 2. The Morgan fingerprint density at radius 2 is 2.10 bits per heavy atom. The molecule has 0 atom stereocenters. The number of hydrogen-bond donors (Lipinski definition) is 2. The van der Waals surface area contributed by atoms with Gasteiger partial charge in [-0.25, -0.2) is 0 Å². The van der Waals surface area contributed by atoms with E-state index in [0.717, 1.165) is 23.0 Å². The molecule has 2 aromatic rings. The number of hydrogen-bond acceptors (Lipinski definition) is 6. The van der Waals surface area contributed by atoms with Crippen LogP contribution in [0.2, 0.25) is 0 Å². The summed E-state index contributed by atoms with van der Waals surface area (Å²) < 4.78 is 9.68. The summed E-state index contributed by atoms with van der Waals surface area (Å²) in [6.07, 6.45) is 2.01. The third kappa shape index (κ3) is 3.65. The molecule has 0 aliphatic carbocycles. The van der Waals surface area contributed by atoms with E-state index in [-0.39, 0.29) is 0 Å². The van der Waals surface area contributed by atoms with Crippen molar-refractivity contribution in [3.8, 4) is 0 Å². The Balaban J connectivity index is 2.06. The van der Waals surface area contributed by atoms with Crippen LogP contribution in [0.3, 0.4) is 0 Å². The van der Waals surface area contributed by atoms with Crippen molar-refractivity contribution in [1.82, 2.24) is 4.37 Å². The second-order valence-electron chi connectivity index (χ2n) is 4.19. The number of nitrogens with one attached hydrogen (secondary N) is 1. The van der Waals surface area contributed by atoms with Crippen molar-refractivity contribution in [3.05, 3.63) is 35.4 Å². The predicted molar refractivity (Wildman–Crippen MR) is 87.4 cm³/mol. The maximum atomic E-state index is 5.83. The fourth-order valence-electron chi connectivity index (χ4n) is 1.86. The first-order valence-electron chi connectivity index (χ1n) is 6.43. The van der Waals surface area contributed by atoms with E-state index in [9.17, 15) is 0 Å². The van der Waals surface area contributed by atoms with Gasteiger partial charge in [-0.1, -0.05) is 24.3 Å². The van der Waals surface area contributed by atoms with Crippen LogP contribution in [0, 0.1) is 0 Å². The van der Waals surface area contributed by atoms with E-state index in [2.05, 4.69) is 21.8 Å². The summed E-state index contributed by atoms with van der Waals surface area (Å²) in [5.41, 5.74) is 8.28. The molecule has 1 aromatic heterocycles. The molecule has 3 N–H and O–H groups in total. The number of thioether (sulfide) groups is 1. The van der Waals surface area contributed by atoms with Gasteiger partial charge < -0.3 is 15.8 Å². The molecule has 0 saturated heterocycles. The van der Waals surface area contributed by atoms with Crippen molar-refractivity contribution in [2.45, 2.75) is 25.0 Å². The SMILES string of the molecule is CCOCc1ccccc1CNc1snc(N)c1SC. The van der Waals surface area contributed by atoms with Gasteiger partial charge in [0.05, 0.1) is 11.5 Å². The van der Waals surface area contributed by atoms with Crippen LogP contribution >= 0.6 is 23.3 Å². The van der Waals surface area contributed by atoms with Crippen molar-refractivity contribution in [2.75, 3.05) is 23.9 Å². The molecule has 0 aliphatic heterocycles. The van der Waals surface area contributed by atoms with Gasteiger partial charge >= 0.3 is 0 Å². The summed E-state index contributed by atoms with van der Waals surface area (Å²) >= 11 is 3.02. The lowest BCUT2D eigenvalue weighted by molar-refractivity contribution is 0.133. The van der Waals surface area contributed by atoms with Gasteiger partial charge in [-0.05, 0) is 35.8 Å². The Hall–Kier alpha value is -1.24. The Labute approximate surface area is 127 Å². The van der Waals surface area contributed by atoms with Gasteiger partial charge in [-0.15, -0.1) is 11.8 Å². The van der Waals surface area contributed by atoms with E-state index < -0.39 is 0 Å². The normalized spacial score (nSPS) is 10.7. The molecule has 0 radical (unpaired) electrons. The van der Waals surface area contributed by atoms with E-state index in [4.69, 9.17) is 10.5 Å². The molecule has 0 aliphatic rings. The minimum absolute atomic E-state index is 0.604. The minimum atomic E-state index is 0.604. The molecule has 0 fully saturated rings. The topological polar surface area (TPSA) is 60.2 Å². The van der Waals surface area contributed by atoms with Crippen LogP contribution < -0.4 is 11.1 Å². The monoisotopic (exact) mass is 309 g/mol. The summed E-state index contributed by atoms with van der Waals surface area (Å²) in [5.74, 6) is 0.604. The molecule has 0 saturated carbocycles.